The second-order valence-electron chi connectivity index (χ2n) is 3.85. The minimum Gasteiger partial charge on any atom is -0.373 e. The van der Waals surface area contributed by atoms with E-state index in [-0.39, 0.29) is 0 Å². The second-order valence-corrected chi connectivity index (χ2v) is 3.85. The van der Waals surface area contributed by atoms with Crippen LogP contribution in [0.5, 0.6) is 0 Å². The Morgan fingerprint density at radius 3 is 2.78 bits per heavy atom. The average molecular weight is 246 g/mol. The van der Waals surface area contributed by atoms with E-state index in [0.29, 0.717) is 0 Å². The normalized spacial score (nSPS) is 10.3. The van der Waals surface area contributed by atoms with E-state index in [2.05, 4.69) is 32.6 Å². The van der Waals surface area contributed by atoms with Gasteiger partial charge in [-0.2, -0.15) is 5.10 Å². The molecule has 6 nitrogen and oxygen atoms in total. The van der Waals surface area contributed by atoms with Gasteiger partial charge in [-0.15, -0.1) is 0 Å². The van der Waals surface area contributed by atoms with E-state index < -0.39 is 0 Å². The molecule has 0 atom stereocenters. The largest absolute Gasteiger partial charge is 0.373 e. The Balaban J connectivity index is 2.00. The number of hydrogen-bond acceptors (Lipinski definition) is 5. The summed E-state index contributed by atoms with van der Waals surface area (Å²) in [6.45, 7) is 3.70. The maximum absolute atomic E-state index is 4.29. The lowest BCUT2D eigenvalue weighted by atomic mass is 10.2. The summed E-state index contributed by atoms with van der Waals surface area (Å²) in [6.07, 6.45) is 6.19. The van der Waals surface area contributed by atoms with Gasteiger partial charge in [-0.1, -0.05) is 6.92 Å². The lowest BCUT2D eigenvalue weighted by Gasteiger charge is -2.12. The van der Waals surface area contributed by atoms with E-state index in [4.69, 9.17) is 0 Å². The quantitative estimate of drug-likeness (QED) is 0.806. The molecule has 0 aromatic carbocycles. The molecule has 6 heteroatoms. The summed E-state index contributed by atoms with van der Waals surface area (Å²) in [5.41, 5.74) is 1.11. The first-order valence-corrected chi connectivity index (χ1v) is 6.08. The summed E-state index contributed by atoms with van der Waals surface area (Å²) in [4.78, 5) is 8.49. The third kappa shape index (κ3) is 2.77. The minimum atomic E-state index is 0.787. The smallest absolute Gasteiger partial charge is 0.134 e. The van der Waals surface area contributed by atoms with E-state index >= 15 is 0 Å². The summed E-state index contributed by atoms with van der Waals surface area (Å²) in [5.74, 6) is 1.78. The van der Waals surface area contributed by atoms with Crippen molar-refractivity contribution in [2.75, 3.05) is 24.2 Å². The fourth-order valence-corrected chi connectivity index (χ4v) is 1.84. The number of hydrogen-bond donors (Lipinski definition) is 2. The molecule has 0 fully saturated rings. The van der Waals surface area contributed by atoms with Crippen LogP contribution in [-0.2, 0) is 13.0 Å². The first-order valence-electron chi connectivity index (χ1n) is 6.08. The molecule has 2 N–H and O–H groups in total. The molecule has 0 saturated heterocycles. The van der Waals surface area contributed by atoms with Crippen LogP contribution in [0.1, 0.15) is 12.5 Å². The summed E-state index contributed by atoms with van der Waals surface area (Å²) in [7, 11) is 1.87. The van der Waals surface area contributed by atoms with Crippen LogP contribution in [0.25, 0.3) is 0 Å². The molecule has 2 aromatic heterocycles. The highest BCUT2D eigenvalue weighted by atomic mass is 15.3. The maximum atomic E-state index is 4.29. The van der Waals surface area contributed by atoms with Gasteiger partial charge in [0.25, 0.3) is 0 Å². The fraction of sp³-hybridized carbons (Fsp3) is 0.417. The van der Waals surface area contributed by atoms with Crippen LogP contribution < -0.4 is 10.6 Å². The van der Waals surface area contributed by atoms with Crippen LogP contribution in [0.2, 0.25) is 0 Å². The van der Waals surface area contributed by atoms with E-state index in [0.717, 1.165) is 36.7 Å². The van der Waals surface area contributed by atoms with Gasteiger partial charge in [-0.05, 0) is 12.5 Å². The van der Waals surface area contributed by atoms with Crippen molar-refractivity contribution in [1.82, 2.24) is 19.7 Å². The Morgan fingerprint density at radius 1 is 1.28 bits per heavy atom. The summed E-state index contributed by atoms with van der Waals surface area (Å²) in [6, 6.07) is 1.92. The number of rotatable bonds is 6. The van der Waals surface area contributed by atoms with E-state index in [1.54, 1.807) is 12.5 Å². The van der Waals surface area contributed by atoms with Crippen molar-refractivity contribution in [3.05, 3.63) is 30.4 Å². The predicted molar refractivity (Wildman–Crippen MR) is 71.7 cm³/mol. The SMILES string of the molecule is CCc1c(NC)ncnc1NCCn1cccn1. The highest BCUT2D eigenvalue weighted by molar-refractivity contribution is 5.56. The van der Waals surface area contributed by atoms with Crippen LogP contribution in [0.15, 0.2) is 24.8 Å². The molecule has 18 heavy (non-hydrogen) atoms. The Labute approximate surface area is 106 Å². The van der Waals surface area contributed by atoms with E-state index in [9.17, 15) is 0 Å². The van der Waals surface area contributed by atoms with Gasteiger partial charge in [-0.3, -0.25) is 4.68 Å². The van der Waals surface area contributed by atoms with Crippen molar-refractivity contribution in [1.29, 1.82) is 0 Å². The second kappa shape index (κ2) is 6.00. The van der Waals surface area contributed by atoms with Gasteiger partial charge in [0.2, 0.25) is 0 Å². The van der Waals surface area contributed by atoms with Gasteiger partial charge >= 0.3 is 0 Å². The van der Waals surface area contributed by atoms with Gasteiger partial charge in [0.05, 0.1) is 6.54 Å². The molecule has 0 saturated carbocycles. The van der Waals surface area contributed by atoms with Gasteiger partial charge in [0.1, 0.15) is 18.0 Å². The third-order valence-electron chi connectivity index (χ3n) is 2.73. The molecular weight excluding hydrogens is 228 g/mol. The molecule has 2 rings (SSSR count). The standard InChI is InChI=1S/C12H18N6/c1-3-10-11(13-2)15-9-16-12(10)14-6-8-18-7-4-5-17-18/h4-5,7,9H,3,6,8H2,1-2H3,(H2,13,14,15,16). The van der Waals surface area contributed by atoms with Crippen molar-refractivity contribution in [2.24, 2.45) is 0 Å². The Morgan fingerprint density at radius 2 is 2.11 bits per heavy atom. The molecule has 0 aliphatic carbocycles. The van der Waals surface area contributed by atoms with Gasteiger partial charge in [0.15, 0.2) is 0 Å². The molecule has 96 valence electrons. The third-order valence-corrected chi connectivity index (χ3v) is 2.73. The Hall–Kier alpha value is -2.11. The molecule has 0 aliphatic heterocycles. The van der Waals surface area contributed by atoms with Crippen LogP contribution in [0.3, 0.4) is 0 Å². The first kappa shape index (κ1) is 12.3. The van der Waals surface area contributed by atoms with Crippen LogP contribution in [-0.4, -0.2) is 33.3 Å². The number of aromatic nitrogens is 4. The zero-order chi connectivity index (χ0) is 12.8. The van der Waals surface area contributed by atoms with Crippen molar-refractivity contribution in [3.63, 3.8) is 0 Å². The summed E-state index contributed by atoms with van der Waals surface area (Å²) in [5, 5.41) is 10.6. The van der Waals surface area contributed by atoms with Crippen LogP contribution in [0.4, 0.5) is 11.6 Å². The van der Waals surface area contributed by atoms with Gasteiger partial charge in [-0.25, -0.2) is 9.97 Å². The highest BCUT2D eigenvalue weighted by Gasteiger charge is 2.07. The van der Waals surface area contributed by atoms with Crippen molar-refractivity contribution >= 4 is 11.6 Å². The topological polar surface area (TPSA) is 67.7 Å². The Kier molecular flexibility index (Phi) is 4.11. The van der Waals surface area contributed by atoms with Crippen LogP contribution in [0, 0.1) is 0 Å². The molecular formula is C12H18N6. The zero-order valence-electron chi connectivity index (χ0n) is 10.7. The van der Waals surface area contributed by atoms with Crippen molar-refractivity contribution in [2.45, 2.75) is 19.9 Å². The van der Waals surface area contributed by atoms with E-state index in [1.807, 2.05) is 24.0 Å². The predicted octanol–water partition coefficient (Wildman–Crippen LogP) is 1.39. The average Bonchev–Trinajstić information content (AvgIpc) is 2.91. The van der Waals surface area contributed by atoms with Gasteiger partial charge in [0, 0.05) is 31.5 Å². The van der Waals surface area contributed by atoms with Crippen LogP contribution >= 0.6 is 0 Å². The molecule has 0 bridgehead atoms. The first-order chi connectivity index (χ1) is 8.85. The number of nitrogens with zero attached hydrogens (tertiary/aromatic N) is 4. The van der Waals surface area contributed by atoms with Crippen molar-refractivity contribution in [3.8, 4) is 0 Å². The summed E-state index contributed by atoms with van der Waals surface area (Å²) >= 11 is 0. The molecule has 0 unspecified atom stereocenters. The molecule has 0 amide bonds. The molecule has 0 spiro atoms. The highest BCUT2D eigenvalue weighted by Crippen LogP contribution is 2.19. The number of anilines is 2. The van der Waals surface area contributed by atoms with E-state index in [1.165, 1.54) is 0 Å². The van der Waals surface area contributed by atoms with Crippen molar-refractivity contribution < 1.29 is 0 Å². The Bertz CT molecular complexity index is 479. The monoisotopic (exact) mass is 246 g/mol. The maximum Gasteiger partial charge on any atom is 0.134 e. The lowest BCUT2D eigenvalue weighted by Crippen LogP contribution is -2.14. The molecule has 2 aromatic rings. The molecule has 0 aliphatic rings. The fourth-order valence-electron chi connectivity index (χ4n) is 1.84. The minimum absolute atomic E-state index is 0.787. The van der Waals surface area contributed by atoms with Gasteiger partial charge < -0.3 is 10.6 Å². The summed E-state index contributed by atoms with van der Waals surface area (Å²) < 4.78 is 1.89. The molecule has 2 heterocycles. The lowest BCUT2D eigenvalue weighted by molar-refractivity contribution is 0.636. The number of nitrogens with one attached hydrogen (secondary N) is 2. The zero-order valence-corrected chi connectivity index (χ0v) is 10.7. The molecule has 0 radical (unpaired) electrons.